The summed E-state index contributed by atoms with van der Waals surface area (Å²) < 4.78 is 0. The number of hydrogen-bond acceptors (Lipinski definition) is 3. The van der Waals surface area contributed by atoms with Crippen molar-refractivity contribution in [3.63, 3.8) is 0 Å². The van der Waals surface area contributed by atoms with E-state index in [9.17, 15) is 14.4 Å². The smallest absolute Gasteiger partial charge is 0.254 e. The molecule has 6 nitrogen and oxygen atoms in total. The predicted octanol–water partition coefficient (Wildman–Crippen LogP) is 4.12. The highest BCUT2D eigenvalue weighted by molar-refractivity contribution is 6.30. The average molecular weight is 442 g/mol. The molecule has 0 fully saturated rings. The summed E-state index contributed by atoms with van der Waals surface area (Å²) in [4.78, 5) is 37.1. The third-order valence-electron chi connectivity index (χ3n) is 5.59. The van der Waals surface area contributed by atoms with Crippen molar-refractivity contribution in [2.24, 2.45) is 5.92 Å². The first-order chi connectivity index (χ1) is 14.8. The maximum Gasteiger partial charge on any atom is 0.254 e. The molecule has 2 aromatic carbocycles. The lowest BCUT2D eigenvalue weighted by Gasteiger charge is -2.22. The fourth-order valence-electron chi connectivity index (χ4n) is 3.84. The zero-order chi connectivity index (χ0) is 22.4. The molecule has 2 aromatic rings. The topological polar surface area (TPSA) is 87.3 Å². The summed E-state index contributed by atoms with van der Waals surface area (Å²) in [7, 11) is 0. The van der Waals surface area contributed by atoms with E-state index in [0.717, 1.165) is 6.42 Å². The minimum absolute atomic E-state index is 0.137. The number of halogens is 1. The van der Waals surface area contributed by atoms with Crippen LogP contribution in [0.3, 0.4) is 0 Å². The van der Waals surface area contributed by atoms with Crippen LogP contribution < -0.4 is 16.0 Å². The number of hydrogen-bond donors (Lipinski definition) is 3. The summed E-state index contributed by atoms with van der Waals surface area (Å²) >= 11 is 5.98. The van der Waals surface area contributed by atoms with Gasteiger partial charge in [0.05, 0.1) is 11.3 Å². The van der Waals surface area contributed by atoms with Crippen LogP contribution in [0.4, 0.5) is 5.69 Å². The second kappa shape index (κ2) is 10.4. The zero-order valence-electron chi connectivity index (χ0n) is 17.8. The van der Waals surface area contributed by atoms with Gasteiger partial charge >= 0.3 is 0 Å². The van der Waals surface area contributed by atoms with Crippen molar-refractivity contribution in [2.45, 2.75) is 45.1 Å². The second-order valence-corrected chi connectivity index (χ2v) is 8.58. The SMILES string of the molecule is CC(C)[C@H](CCNC(=O)CC[C@@H]1NC(=O)c2ccccc2NC1=O)c1ccc(Cl)cc1. The van der Waals surface area contributed by atoms with Gasteiger partial charge in [-0.1, -0.05) is 49.7 Å². The lowest BCUT2D eigenvalue weighted by molar-refractivity contribution is -0.121. The molecule has 0 aromatic heterocycles. The molecular formula is C24H28ClN3O3. The summed E-state index contributed by atoms with van der Waals surface area (Å²) in [6, 6.07) is 13.9. The highest BCUT2D eigenvalue weighted by Gasteiger charge is 2.27. The Hall–Kier alpha value is -2.86. The van der Waals surface area contributed by atoms with Crippen LogP contribution in [0, 0.1) is 5.92 Å². The molecule has 164 valence electrons. The van der Waals surface area contributed by atoms with Gasteiger partial charge in [-0.15, -0.1) is 0 Å². The van der Waals surface area contributed by atoms with Crippen LogP contribution in [-0.4, -0.2) is 30.3 Å². The molecule has 31 heavy (non-hydrogen) atoms. The molecule has 0 saturated carbocycles. The van der Waals surface area contributed by atoms with Crippen LogP contribution >= 0.6 is 11.6 Å². The number of carbonyl (C=O) groups excluding carboxylic acids is 3. The summed E-state index contributed by atoms with van der Waals surface area (Å²) in [5.41, 5.74) is 2.11. The van der Waals surface area contributed by atoms with Crippen LogP contribution in [0.1, 0.15) is 54.9 Å². The Bertz CT molecular complexity index is 943. The fraction of sp³-hybridized carbons (Fsp3) is 0.375. The molecule has 3 amide bonds. The molecule has 0 saturated heterocycles. The maximum atomic E-state index is 12.4. The van der Waals surface area contributed by atoms with Crippen LogP contribution in [0.15, 0.2) is 48.5 Å². The Morgan fingerprint density at radius 3 is 2.52 bits per heavy atom. The molecule has 3 rings (SSSR count). The molecule has 1 aliphatic rings. The Labute approximate surface area is 187 Å². The molecule has 0 unspecified atom stereocenters. The van der Waals surface area contributed by atoms with Crippen LogP contribution in [0.2, 0.25) is 5.02 Å². The van der Waals surface area contributed by atoms with Crippen molar-refractivity contribution in [3.8, 4) is 0 Å². The third-order valence-corrected chi connectivity index (χ3v) is 5.84. The number of amides is 3. The number of anilines is 1. The molecule has 1 heterocycles. The Morgan fingerprint density at radius 2 is 1.81 bits per heavy atom. The van der Waals surface area contributed by atoms with Crippen molar-refractivity contribution >= 4 is 35.0 Å². The van der Waals surface area contributed by atoms with Gasteiger partial charge in [0, 0.05) is 18.0 Å². The normalized spacial score (nSPS) is 16.7. The Morgan fingerprint density at radius 1 is 1.10 bits per heavy atom. The first kappa shape index (κ1) is 22.8. The fourth-order valence-corrected chi connectivity index (χ4v) is 3.97. The van der Waals surface area contributed by atoms with E-state index < -0.39 is 6.04 Å². The maximum absolute atomic E-state index is 12.4. The van der Waals surface area contributed by atoms with E-state index in [2.05, 4.69) is 29.8 Å². The zero-order valence-corrected chi connectivity index (χ0v) is 18.5. The van der Waals surface area contributed by atoms with Crippen molar-refractivity contribution in [1.29, 1.82) is 0 Å². The molecule has 0 aliphatic carbocycles. The van der Waals surface area contributed by atoms with E-state index in [-0.39, 0.29) is 30.6 Å². The standard InChI is InChI=1S/C24H28ClN3O3/c1-15(2)18(16-7-9-17(25)10-8-16)13-14-26-22(29)12-11-21-24(31)27-20-6-4-3-5-19(20)23(30)28-21/h3-10,15,18,21H,11-14H2,1-2H3,(H,26,29)(H,27,31)(H,28,30)/t18-,21-/m0/s1. The van der Waals surface area contributed by atoms with Gasteiger partial charge < -0.3 is 16.0 Å². The van der Waals surface area contributed by atoms with Gasteiger partial charge in [-0.25, -0.2) is 0 Å². The monoisotopic (exact) mass is 441 g/mol. The lowest BCUT2D eigenvalue weighted by Crippen LogP contribution is -2.42. The number of nitrogens with one attached hydrogen (secondary N) is 3. The van der Waals surface area contributed by atoms with Crippen LogP contribution in [-0.2, 0) is 9.59 Å². The van der Waals surface area contributed by atoms with Crippen molar-refractivity contribution < 1.29 is 14.4 Å². The van der Waals surface area contributed by atoms with Crippen molar-refractivity contribution in [2.75, 3.05) is 11.9 Å². The molecule has 2 atom stereocenters. The predicted molar refractivity (Wildman–Crippen MR) is 122 cm³/mol. The molecule has 0 bridgehead atoms. The van der Waals surface area contributed by atoms with Gasteiger partial charge in [0.2, 0.25) is 11.8 Å². The summed E-state index contributed by atoms with van der Waals surface area (Å²) in [5.74, 6) is -0.0363. The molecular weight excluding hydrogens is 414 g/mol. The quantitative estimate of drug-likeness (QED) is 0.575. The molecule has 0 radical (unpaired) electrons. The van der Waals surface area contributed by atoms with Gasteiger partial charge in [0.1, 0.15) is 6.04 Å². The van der Waals surface area contributed by atoms with Gasteiger partial charge in [-0.3, -0.25) is 14.4 Å². The van der Waals surface area contributed by atoms with Crippen LogP contribution in [0.5, 0.6) is 0 Å². The average Bonchev–Trinajstić information content (AvgIpc) is 2.86. The molecule has 0 spiro atoms. The van der Waals surface area contributed by atoms with Crippen LogP contribution in [0.25, 0.3) is 0 Å². The molecule has 7 heteroatoms. The van der Waals surface area contributed by atoms with Gasteiger partial charge in [-0.2, -0.15) is 0 Å². The van der Waals surface area contributed by atoms with E-state index in [0.29, 0.717) is 34.7 Å². The molecule has 1 aliphatic heterocycles. The largest absolute Gasteiger partial charge is 0.356 e. The third kappa shape index (κ3) is 6.07. The first-order valence-electron chi connectivity index (χ1n) is 10.6. The van der Waals surface area contributed by atoms with E-state index in [1.165, 1.54) is 5.56 Å². The summed E-state index contributed by atoms with van der Waals surface area (Å²) in [6.07, 6.45) is 1.20. The number of para-hydroxylation sites is 1. The highest BCUT2D eigenvalue weighted by atomic mass is 35.5. The van der Waals surface area contributed by atoms with E-state index >= 15 is 0 Å². The number of fused-ring (bicyclic) bond motifs is 1. The lowest BCUT2D eigenvalue weighted by atomic mass is 9.86. The number of carbonyl (C=O) groups is 3. The first-order valence-corrected chi connectivity index (χ1v) is 11.0. The summed E-state index contributed by atoms with van der Waals surface area (Å²) in [6.45, 7) is 4.86. The minimum Gasteiger partial charge on any atom is -0.356 e. The van der Waals surface area contributed by atoms with Gasteiger partial charge in [-0.05, 0) is 54.5 Å². The second-order valence-electron chi connectivity index (χ2n) is 8.14. The Balaban J connectivity index is 1.48. The number of benzene rings is 2. The highest BCUT2D eigenvalue weighted by Crippen LogP contribution is 2.28. The minimum atomic E-state index is -0.747. The van der Waals surface area contributed by atoms with E-state index in [1.807, 2.05) is 24.3 Å². The van der Waals surface area contributed by atoms with E-state index in [4.69, 9.17) is 11.6 Å². The molecule has 3 N–H and O–H groups in total. The van der Waals surface area contributed by atoms with Crippen molar-refractivity contribution in [3.05, 3.63) is 64.7 Å². The van der Waals surface area contributed by atoms with Crippen molar-refractivity contribution in [1.82, 2.24) is 10.6 Å². The van der Waals surface area contributed by atoms with Gasteiger partial charge in [0.25, 0.3) is 5.91 Å². The summed E-state index contributed by atoms with van der Waals surface area (Å²) in [5, 5.41) is 9.11. The number of rotatable bonds is 8. The van der Waals surface area contributed by atoms with E-state index in [1.54, 1.807) is 24.3 Å². The Kier molecular flexibility index (Phi) is 7.69. The van der Waals surface area contributed by atoms with Gasteiger partial charge in [0.15, 0.2) is 0 Å².